The summed E-state index contributed by atoms with van der Waals surface area (Å²) in [6, 6.07) is 5.36. The van der Waals surface area contributed by atoms with Gasteiger partial charge in [-0.1, -0.05) is 0 Å². The molecule has 0 saturated carbocycles. The molecule has 15 heavy (non-hydrogen) atoms. The number of rotatable bonds is 2. The summed E-state index contributed by atoms with van der Waals surface area (Å²) in [5, 5.41) is 10.0. The van der Waals surface area contributed by atoms with Crippen LogP contribution in [0.3, 0.4) is 0 Å². The molecule has 0 aromatic carbocycles. The molecule has 2 rings (SSSR count). The van der Waals surface area contributed by atoms with Gasteiger partial charge in [-0.25, -0.2) is 0 Å². The number of aryl methyl sites for hydroxylation is 1. The second kappa shape index (κ2) is 4.16. The molecule has 1 unspecified atom stereocenters. The Balaban J connectivity index is 2.36. The van der Waals surface area contributed by atoms with Crippen molar-refractivity contribution in [3.8, 4) is 0 Å². The fourth-order valence-electron chi connectivity index (χ4n) is 1.39. The molecule has 0 saturated heterocycles. The lowest BCUT2D eigenvalue weighted by molar-refractivity contribution is 0.188. The van der Waals surface area contributed by atoms with Gasteiger partial charge in [0.2, 0.25) is 0 Å². The predicted octanol–water partition coefficient (Wildman–Crippen LogP) is 2.83. The molecule has 0 aliphatic rings. The largest absolute Gasteiger partial charge is 0.465 e. The van der Waals surface area contributed by atoms with Gasteiger partial charge in [-0.2, -0.15) is 0 Å². The highest BCUT2D eigenvalue weighted by molar-refractivity contribution is 9.10. The van der Waals surface area contributed by atoms with E-state index < -0.39 is 6.10 Å². The number of aliphatic hydroxyl groups is 1. The summed E-state index contributed by atoms with van der Waals surface area (Å²) in [5.74, 6) is 0.514. The summed E-state index contributed by atoms with van der Waals surface area (Å²) in [4.78, 5) is 4.07. The third-order valence-electron chi connectivity index (χ3n) is 2.13. The van der Waals surface area contributed by atoms with Crippen molar-refractivity contribution in [1.29, 1.82) is 0 Å². The van der Waals surface area contributed by atoms with E-state index in [1.165, 1.54) is 6.26 Å². The number of hydrogen-bond donors (Lipinski definition) is 1. The van der Waals surface area contributed by atoms with Gasteiger partial charge in [-0.3, -0.25) is 4.98 Å². The van der Waals surface area contributed by atoms with Crippen LogP contribution < -0.4 is 0 Å². The first-order chi connectivity index (χ1) is 7.18. The average Bonchev–Trinajstić information content (AvgIpc) is 2.63. The second-order valence-electron chi connectivity index (χ2n) is 3.27. The Bertz CT molecular complexity index is 467. The minimum absolute atomic E-state index is 0.514. The summed E-state index contributed by atoms with van der Waals surface area (Å²) in [5.41, 5.74) is 1.65. The number of aromatic nitrogens is 1. The Morgan fingerprint density at radius 1 is 1.47 bits per heavy atom. The number of aliphatic hydroxyl groups excluding tert-OH is 1. The topological polar surface area (TPSA) is 46.3 Å². The van der Waals surface area contributed by atoms with E-state index in [1.54, 1.807) is 18.3 Å². The number of furan rings is 1. The molecule has 2 aromatic heterocycles. The van der Waals surface area contributed by atoms with Crippen molar-refractivity contribution in [3.63, 3.8) is 0 Å². The number of nitrogens with zero attached hydrogens (tertiary/aromatic N) is 1. The lowest BCUT2D eigenvalue weighted by Gasteiger charge is -2.08. The Hall–Kier alpha value is -1.13. The smallest absolute Gasteiger partial charge is 0.150 e. The van der Waals surface area contributed by atoms with Crippen LogP contribution in [0.5, 0.6) is 0 Å². The van der Waals surface area contributed by atoms with Crippen LogP contribution in [0, 0.1) is 6.92 Å². The SMILES string of the molecule is Cc1cc(C(O)c2occc2Br)ccn1. The monoisotopic (exact) mass is 267 g/mol. The van der Waals surface area contributed by atoms with Gasteiger partial charge in [0.05, 0.1) is 10.7 Å². The molecule has 78 valence electrons. The standard InChI is InChI=1S/C11H10BrNO2/c1-7-6-8(2-4-13-7)10(14)11-9(12)3-5-15-11/h2-6,10,14H,1H3. The van der Waals surface area contributed by atoms with Crippen LogP contribution in [0.15, 0.2) is 39.5 Å². The second-order valence-corrected chi connectivity index (χ2v) is 4.12. The summed E-state index contributed by atoms with van der Waals surface area (Å²) in [7, 11) is 0. The first-order valence-corrected chi connectivity index (χ1v) is 5.31. The molecule has 2 heterocycles. The third-order valence-corrected chi connectivity index (χ3v) is 2.78. The van der Waals surface area contributed by atoms with E-state index in [4.69, 9.17) is 4.42 Å². The van der Waals surface area contributed by atoms with Gasteiger partial charge in [-0.15, -0.1) is 0 Å². The van der Waals surface area contributed by atoms with Gasteiger partial charge >= 0.3 is 0 Å². The first-order valence-electron chi connectivity index (χ1n) is 4.52. The lowest BCUT2D eigenvalue weighted by atomic mass is 10.1. The molecule has 2 aromatic rings. The number of pyridine rings is 1. The molecule has 4 heteroatoms. The van der Waals surface area contributed by atoms with Crippen molar-refractivity contribution in [2.24, 2.45) is 0 Å². The minimum Gasteiger partial charge on any atom is -0.465 e. The van der Waals surface area contributed by atoms with Crippen LogP contribution in [-0.4, -0.2) is 10.1 Å². The van der Waals surface area contributed by atoms with Crippen molar-refractivity contribution in [2.75, 3.05) is 0 Å². The van der Waals surface area contributed by atoms with E-state index in [0.717, 1.165) is 15.7 Å². The zero-order valence-electron chi connectivity index (χ0n) is 8.14. The predicted molar refractivity (Wildman–Crippen MR) is 59.4 cm³/mol. The van der Waals surface area contributed by atoms with Crippen LogP contribution in [0.1, 0.15) is 23.1 Å². The molecular weight excluding hydrogens is 258 g/mol. The highest BCUT2D eigenvalue weighted by Gasteiger charge is 2.16. The maximum absolute atomic E-state index is 10.0. The molecule has 0 aliphatic heterocycles. The zero-order chi connectivity index (χ0) is 10.8. The summed E-state index contributed by atoms with van der Waals surface area (Å²) in [6.45, 7) is 1.88. The van der Waals surface area contributed by atoms with Crippen molar-refractivity contribution >= 4 is 15.9 Å². The van der Waals surface area contributed by atoms with Gasteiger partial charge in [0, 0.05) is 11.9 Å². The Kier molecular flexibility index (Phi) is 2.88. The van der Waals surface area contributed by atoms with E-state index in [-0.39, 0.29) is 0 Å². The van der Waals surface area contributed by atoms with E-state index in [2.05, 4.69) is 20.9 Å². The van der Waals surface area contributed by atoms with Crippen molar-refractivity contribution < 1.29 is 9.52 Å². The molecule has 3 nitrogen and oxygen atoms in total. The highest BCUT2D eigenvalue weighted by Crippen LogP contribution is 2.29. The fourth-order valence-corrected chi connectivity index (χ4v) is 1.81. The van der Waals surface area contributed by atoms with E-state index >= 15 is 0 Å². The maximum atomic E-state index is 10.0. The molecule has 0 bridgehead atoms. The van der Waals surface area contributed by atoms with E-state index in [9.17, 15) is 5.11 Å². The van der Waals surface area contributed by atoms with Crippen molar-refractivity contribution in [1.82, 2.24) is 4.98 Å². The molecule has 0 radical (unpaired) electrons. The van der Waals surface area contributed by atoms with Crippen LogP contribution in [0.4, 0.5) is 0 Å². The Labute approximate surface area is 95.9 Å². The third kappa shape index (κ3) is 2.11. The molecule has 0 fully saturated rings. The van der Waals surface area contributed by atoms with Crippen LogP contribution in [0.25, 0.3) is 0 Å². The minimum atomic E-state index is -0.754. The first kappa shape index (κ1) is 10.4. The number of halogens is 1. The average molecular weight is 268 g/mol. The molecule has 0 amide bonds. The lowest BCUT2D eigenvalue weighted by Crippen LogP contribution is -1.99. The van der Waals surface area contributed by atoms with Crippen LogP contribution in [-0.2, 0) is 0 Å². The van der Waals surface area contributed by atoms with Crippen LogP contribution >= 0.6 is 15.9 Å². The van der Waals surface area contributed by atoms with Crippen molar-refractivity contribution in [3.05, 3.63) is 52.1 Å². The quantitative estimate of drug-likeness (QED) is 0.910. The Morgan fingerprint density at radius 2 is 2.27 bits per heavy atom. The Morgan fingerprint density at radius 3 is 2.87 bits per heavy atom. The van der Waals surface area contributed by atoms with Gasteiger partial charge in [0.1, 0.15) is 6.10 Å². The number of hydrogen-bond acceptors (Lipinski definition) is 3. The summed E-state index contributed by atoms with van der Waals surface area (Å²) >= 11 is 3.31. The molecular formula is C11H10BrNO2. The van der Waals surface area contributed by atoms with Gasteiger partial charge in [0.15, 0.2) is 5.76 Å². The van der Waals surface area contributed by atoms with Crippen molar-refractivity contribution in [2.45, 2.75) is 13.0 Å². The molecule has 1 atom stereocenters. The van der Waals surface area contributed by atoms with Gasteiger partial charge in [0.25, 0.3) is 0 Å². The summed E-state index contributed by atoms with van der Waals surface area (Å²) in [6.07, 6.45) is 2.46. The normalized spacial score (nSPS) is 12.7. The van der Waals surface area contributed by atoms with E-state index in [0.29, 0.717) is 5.76 Å². The molecule has 0 aliphatic carbocycles. The zero-order valence-corrected chi connectivity index (χ0v) is 9.73. The maximum Gasteiger partial charge on any atom is 0.150 e. The van der Waals surface area contributed by atoms with E-state index in [1.807, 2.05) is 13.0 Å². The van der Waals surface area contributed by atoms with Gasteiger partial charge in [-0.05, 0) is 46.6 Å². The highest BCUT2D eigenvalue weighted by atomic mass is 79.9. The van der Waals surface area contributed by atoms with Crippen LogP contribution in [0.2, 0.25) is 0 Å². The molecule has 1 N–H and O–H groups in total. The summed E-state index contributed by atoms with van der Waals surface area (Å²) < 4.78 is 5.97. The fraction of sp³-hybridized carbons (Fsp3) is 0.182. The molecule has 0 spiro atoms. The van der Waals surface area contributed by atoms with Gasteiger partial charge < -0.3 is 9.52 Å².